The molecule has 0 aliphatic heterocycles. The zero-order valence-corrected chi connectivity index (χ0v) is 22.3. The molecule has 0 aliphatic rings. The molecule has 1 amide bonds. The van der Waals surface area contributed by atoms with E-state index in [-0.39, 0.29) is 29.0 Å². The molecule has 0 aliphatic carbocycles. The Morgan fingerprint density at radius 1 is 1.08 bits per heavy atom. The number of pyridine rings is 2. The number of carbonyl (C=O) groups excluding carboxylic acids is 1. The molecule has 39 heavy (non-hydrogen) atoms. The van der Waals surface area contributed by atoms with E-state index in [0.717, 1.165) is 0 Å². The number of benzene rings is 1. The number of nitrogens with one attached hydrogen (secondary N) is 1. The van der Waals surface area contributed by atoms with Gasteiger partial charge in [0, 0.05) is 43.2 Å². The molecule has 204 valence electrons. The van der Waals surface area contributed by atoms with Crippen LogP contribution in [0.25, 0.3) is 11.3 Å². The van der Waals surface area contributed by atoms with Crippen molar-refractivity contribution in [3.8, 4) is 22.9 Å². The Hall–Kier alpha value is -4.32. The van der Waals surface area contributed by atoms with Crippen molar-refractivity contribution < 1.29 is 27.1 Å². The average molecular weight is 554 g/mol. The normalized spacial score (nSPS) is 11.4. The van der Waals surface area contributed by atoms with Gasteiger partial charge in [-0.2, -0.15) is 13.5 Å². The molecule has 0 saturated carbocycles. The predicted molar refractivity (Wildman–Crippen MR) is 141 cm³/mol. The monoisotopic (exact) mass is 553 g/mol. The highest BCUT2D eigenvalue weighted by Gasteiger charge is 2.23. The fraction of sp³-hybridized carbons (Fsp3) is 0.259. The van der Waals surface area contributed by atoms with Crippen LogP contribution in [-0.4, -0.2) is 47.3 Å². The Balaban J connectivity index is 1.61. The first-order valence-electron chi connectivity index (χ1n) is 12.2. The average Bonchev–Trinajstić information content (AvgIpc) is 3.43. The SMILES string of the molecule is CC(C)COc1cc(F)cc(-c2ccc(C(=O)NS(=O)(=O)c3ccccn3)c(OCCCn3cccn3)n2)c1. The molecule has 0 bridgehead atoms. The van der Waals surface area contributed by atoms with Crippen molar-refractivity contribution in [2.75, 3.05) is 13.2 Å². The number of amides is 1. The van der Waals surface area contributed by atoms with Crippen LogP contribution in [0, 0.1) is 11.7 Å². The number of aryl methyl sites for hydroxylation is 1. The molecule has 0 atom stereocenters. The van der Waals surface area contributed by atoms with Crippen LogP contribution in [0.15, 0.2) is 78.2 Å². The van der Waals surface area contributed by atoms with Gasteiger partial charge in [0.05, 0.1) is 18.9 Å². The number of carbonyl (C=O) groups is 1. The molecule has 1 N–H and O–H groups in total. The molecule has 3 aromatic heterocycles. The lowest BCUT2D eigenvalue weighted by atomic mass is 10.1. The maximum Gasteiger partial charge on any atom is 0.281 e. The molecule has 0 radical (unpaired) electrons. The zero-order chi connectivity index (χ0) is 27.8. The van der Waals surface area contributed by atoms with E-state index in [1.807, 2.05) is 24.8 Å². The van der Waals surface area contributed by atoms with Gasteiger partial charge in [0.15, 0.2) is 5.03 Å². The molecule has 10 nitrogen and oxygen atoms in total. The van der Waals surface area contributed by atoms with Crippen molar-refractivity contribution >= 4 is 15.9 Å². The Morgan fingerprint density at radius 3 is 2.64 bits per heavy atom. The van der Waals surface area contributed by atoms with E-state index in [2.05, 4.69) is 15.1 Å². The lowest BCUT2D eigenvalue weighted by Gasteiger charge is -2.14. The number of ether oxygens (including phenoxy) is 2. The Bertz CT molecular complexity index is 1510. The van der Waals surface area contributed by atoms with E-state index in [9.17, 15) is 17.6 Å². The third-order valence-corrected chi connectivity index (χ3v) is 6.57. The van der Waals surface area contributed by atoms with Crippen molar-refractivity contribution in [3.05, 3.63) is 84.6 Å². The second-order valence-electron chi connectivity index (χ2n) is 9.00. The fourth-order valence-corrected chi connectivity index (χ4v) is 4.42. The topological polar surface area (TPSA) is 125 Å². The molecule has 0 saturated heterocycles. The fourth-order valence-electron chi connectivity index (χ4n) is 3.50. The van der Waals surface area contributed by atoms with Crippen molar-refractivity contribution in [3.63, 3.8) is 0 Å². The van der Waals surface area contributed by atoms with E-state index >= 15 is 0 Å². The highest BCUT2D eigenvalue weighted by molar-refractivity contribution is 7.90. The standard InChI is InChI=1S/C27H28FN5O5S/c1-19(2)18-38-22-16-20(15-21(28)17-22)24-9-8-23(26(34)32-39(35,36)25-7-3-4-10-29-25)27(31-24)37-14-6-13-33-12-5-11-30-33/h3-5,7-12,15-17,19H,6,13-14,18H2,1-2H3,(H,32,34). The van der Waals surface area contributed by atoms with Gasteiger partial charge in [-0.15, -0.1) is 0 Å². The van der Waals surface area contributed by atoms with E-state index in [4.69, 9.17) is 9.47 Å². The van der Waals surface area contributed by atoms with Crippen LogP contribution in [0.4, 0.5) is 4.39 Å². The van der Waals surface area contributed by atoms with Gasteiger partial charge >= 0.3 is 0 Å². The minimum Gasteiger partial charge on any atom is -0.493 e. The lowest BCUT2D eigenvalue weighted by Crippen LogP contribution is -2.31. The molecular weight excluding hydrogens is 525 g/mol. The summed E-state index contributed by atoms with van der Waals surface area (Å²) in [5.41, 5.74) is 0.614. The minimum absolute atomic E-state index is 0.101. The van der Waals surface area contributed by atoms with Gasteiger partial charge in [0.2, 0.25) is 5.88 Å². The lowest BCUT2D eigenvalue weighted by molar-refractivity contribution is 0.0976. The Kier molecular flexibility index (Phi) is 8.87. The second-order valence-corrected chi connectivity index (χ2v) is 10.6. The predicted octanol–water partition coefficient (Wildman–Crippen LogP) is 4.10. The van der Waals surface area contributed by atoms with Gasteiger partial charge in [-0.05, 0) is 48.4 Å². The number of halogens is 1. The number of hydrogen-bond acceptors (Lipinski definition) is 8. The van der Waals surface area contributed by atoms with Gasteiger partial charge in [0.1, 0.15) is 17.1 Å². The number of rotatable bonds is 12. The first kappa shape index (κ1) is 27.7. The van der Waals surface area contributed by atoms with Crippen LogP contribution in [0.3, 0.4) is 0 Å². The summed E-state index contributed by atoms with van der Waals surface area (Å²) in [5.74, 6) is -0.974. The highest BCUT2D eigenvalue weighted by Crippen LogP contribution is 2.28. The summed E-state index contributed by atoms with van der Waals surface area (Å²) in [6.07, 6.45) is 5.31. The summed E-state index contributed by atoms with van der Waals surface area (Å²) in [5, 5.41) is 3.83. The summed E-state index contributed by atoms with van der Waals surface area (Å²) in [6, 6.07) is 13.2. The second kappa shape index (κ2) is 12.5. The summed E-state index contributed by atoms with van der Waals surface area (Å²) < 4.78 is 55.0. The number of sulfonamides is 1. The third kappa shape index (κ3) is 7.60. The summed E-state index contributed by atoms with van der Waals surface area (Å²) in [4.78, 5) is 21.3. The molecule has 1 aromatic carbocycles. The van der Waals surface area contributed by atoms with Crippen molar-refractivity contribution in [1.82, 2.24) is 24.5 Å². The highest BCUT2D eigenvalue weighted by atomic mass is 32.2. The van der Waals surface area contributed by atoms with Crippen LogP contribution in [0.5, 0.6) is 11.6 Å². The van der Waals surface area contributed by atoms with Crippen LogP contribution >= 0.6 is 0 Å². The molecule has 0 unspecified atom stereocenters. The molecule has 3 heterocycles. The van der Waals surface area contributed by atoms with Gasteiger partial charge in [-0.3, -0.25) is 9.48 Å². The van der Waals surface area contributed by atoms with Gasteiger partial charge in [-0.25, -0.2) is 19.1 Å². The first-order chi connectivity index (χ1) is 18.7. The first-order valence-corrected chi connectivity index (χ1v) is 13.7. The molecule has 0 spiro atoms. The summed E-state index contributed by atoms with van der Waals surface area (Å²) in [7, 11) is -4.24. The van der Waals surface area contributed by atoms with Crippen LogP contribution < -0.4 is 14.2 Å². The molecule has 0 fully saturated rings. The summed E-state index contributed by atoms with van der Waals surface area (Å²) >= 11 is 0. The Morgan fingerprint density at radius 2 is 1.92 bits per heavy atom. The number of nitrogens with zero attached hydrogens (tertiary/aromatic N) is 4. The van der Waals surface area contributed by atoms with Crippen LogP contribution in [0.1, 0.15) is 30.6 Å². The Labute approximate surface area is 225 Å². The van der Waals surface area contributed by atoms with E-state index in [1.165, 1.54) is 42.6 Å². The maximum atomic E-state index is 14.4. The van der Waals surface area contributed by atoms with Crippen LogP contribution in [0.2, 0.25) is 0 Å². The molecule has 12 heteroatoms. The van der Waals surface area contributed by atoms with E-state index in [0.29, 0.717) is 36.6 Å². The van der Waals surface area contributed by atoms with Crippen molar-refractivity contribution in [2.24, 2.45) is 5.92 Å². The smallest absolute Gasteiger partial charge is 0.281 e. The molecule has 4 rings (SSSR count). The molecule has 4 aromatic rings. The quantitative estimate of drug-likeness (QED) is 0.260. The largest absolute Gasteiger partial charge is 0.493 e. The summed E-state index contributed by atoms with van der Waals surface area (Å²) in [6.45, 7) is 5.09. The van der Waals surface area contributed by atoms with Gasteiger partial charge in [0.25, 0.3) is 15.9 Å². The zero-order valence-electron chi connectivity index (χ0n) is 21.5. The van der Waals surface area contributed by atoms with Gasteiger partial charge < -0.3 is 9.47 Å². The van der Waals surface area contributed by atoms with Gasteiger partial charge in [-0.1, -0.05) is 19.9 Å². The molecular formula is C27H28FN5O5S. The maximum absolute atomic E-state index is 14.4. The van der Waals surface area contributed by atoms with Crippen molar-refractivity contribution in [1.29, 1.82) is 0 Å². The van der Waals surface area contributed by atoms with Crippen molar-refractivity contribution in [2.45, 2.75) is 31.8 Å². The van der Waals surface area contributed by atoms with E-state index in [1.54, 1.807) is 29.1 Å². The van der Waals surface area contributed by atoms with Crippen LogP contribution in [-0.2, 0) is 16.6 Å². The third-order valence-electron chi connectivity index (χ3n) is 5.32. The number of hydrogen-bond donors (Lipinski definition) is 1. The number of aromatic nitrogens is 4. The van der Waals surface area contributed by atoms with E-state index < -0.39 is 21.7 Å². The minimum atomic E-state index is -4.24.